The van der Waals surface area contributed by atoms with Crippen LogP contribution in [0.1, 0.15) is 31.2 Å². The van der Waals surface area contributed by atoms with Crippen molar-refractivity contribution >= 4 is 27.6 Å². The van der Waals surface area contributed by atoms with Crippen LogP contribution >= 0.6 is 15.9 Å². The molecule has 0 spiro atoms. The Morgan fingerprint density at radius 1 is 1.25 bits per heavy atom. The Labute approximate surface area is 170 Å². The van der Waals surface area contributed by atoms with Crippen LogP contribution in [-0.2, 0) is 16.9 Å². The van der Waals surface area contributed by atoms with E-state index in [1.807, 2.05) is 60.5 Å². The number of hydrogen-bond donors (Lipinski definition) is 2. The number of aromatic nitrogens is 2. The zero-order chi connectivity index (χ0) is 19.7. The highest BCUT2D eigenvalue weighted by atomic mass is 79.9. The van der Waals surface area contributed by atoms with Crippen molar-refractivity contribution in [2.75, 3.05) is 5.01 Å². The van der Waals surface area contributed by atoms with E-state index in [2.05, 4.69) is 31.5 Å². The first-order valence-corrected chi connectivity index (χ1v) is 9.76. The van der Waals surface area contributed by atoms with Gasteiger partial charge in [0.15, 0.2) is 0 Å². The summed E-state index contributed by atoms with van der Waals surface area (Å²) in [6, 6.07) is 15.5. The van der Waals surface area contributed by atoms with E-state index in [9.17, 15) is 9.90 Å². The molecule has 1 aliphatic rings. The number of nitrogens with zero attached hydrogens (tertiary/aromatic N) is 3. The number of benzene rings is 2. The van der Waals surface area contributed by atoms with Gasteiger partial charge < -0.3 is 9.63 Å². The number of rotatable bonds is 6. The van der Waals surface area contributed by atoms with Crippen LogP contribution in [0.2, 0.25) is 0 Å². The number of halogens is 1. The molecule has 2 N–H and O–H groups in total. The molecule has 2 heterocycles. The summed E-state index contributed by atoms with van der Waals surface area (Å²) in [5.41, 5.74) is 5.45. The Kier molecular flexibility index (Phi) is 4.91. The molecule has 0 saturated heterocycles. The Morgan fingerprint density at radius 3 is 2.75 bits per heavy atom. The summed E-state index contributed by atoms with van der Waals surface area (Å²) in [4.78, 5) is 16.0. The van der Waals surface area contributed by atoms with Crippen molar-refractivity contribution in [3.8, 4) is 11.4 Å². The number of anilines is 1. The molecule has 0 bridgehead atoms. The molecule has 1 aromatic heterocycles. The topological polar surface area (TPSA) is 91.5 Å². The number of para-hydroxylation sites is 1. The number of carboxylic acid groups (broad SMARTS) is 1. The van der Waals surface area contributed by atoms with Gasteiger partial charge in [-0.2, -0.15) is 4.98 Å². The summed E-state index contributed by atoms with van der Waals surface area (Å²) in [5.74, 6) is 0.0949. The van der Waals surface area contributed by atoms with Gasteiger partial charge in [-0.3, -0.25) is 9.80 Å². The normalized spacial score (nSPS) is 18.3. The number of aliphatic carboxylic acids is 1. The molecule has 1 atom stereocenters. The summed E-state index contributed by atoms with van der Waals surface area (Å²) < 4.78 is 6.34. The predicted molar refractivity (Wildman–Crippen MR) is 107 cm³/mol. The second kappa shape index (κ2) is 7.37. The van der Waals surface area contributed by atoms with Gasteiger partial charge in [0.2, 0.25) is 11.7 Å². The maximum absolute atomic E-state index is 11.5. The predicted octanol–water partition coefficient (Wildman–Crippen LogP) is 4.10. The van der Waals surface area contributed by atoms with Crippen molar-refractivity contribution in [1.29, 1.82) is 0 Å². The van der Waals surface area contributed by atoms with Gasteiger partial charge in [-0.15, -0.1) is 0 Å². The van der Waals surface area contributed by atoms with Crippen LogP contribution in [0.5, 0.6) is 0 Å². The smallest absolute Gasteiger partial charge is 0.305 e. The summed E-state index contributed by atoms with van der Waals surface area (Å²) >= 11 is 3.50. The molecule has 3 aromatic rings. The molecular weight excluding hydrogens is 424 g/mol. The van der Waals surface area contributed by atoms with Gasteiger partial charge in [0, 0.05) is 10.0 Å². The van der Waals surface area contributed by atoms with E-state index in [1.165, 1.54) is 0 Å². The van der Waals surface area contributed by atoms with Crippen molar-refractivity contribution < 1.29 is 14.4 Å². The molecule has 0 aliphatic carbocycles. The first-order chi connectivity index (χ1) is 13.5. The van der Waals surface area contributed by atoms with Crippen LogP contribution < -0.4 is 10.4 Å². The summed E-state index contributed by atoms with van der Waals surface area (Å²) in [5, 5.41) is 15.4. The van der Waals surface area contributed by atoms with Gasteiger partial charge >= 0.3 is 5.97 Å². The van der Waals surface area contributed by atoms with E-state index in [-0.39, 0.29) is 6.42 Å². The SMILES string of the molecule is CCC1(CC(=O)O)NN(Cc2nc(-c3ccccc3Br)no2)c2ccccc21. The standard InChI is InChI=1S/C20H19BrN4O3/c1-2-20(11-18(26)27)14-8-4-6-10-16(14)25(24-20)12-17-22-19(23-28-17)13-7-3-5-9-15(13)21/h3-10,24H,2,11-12H2,1H3,(H,26,27). The van der Waals surface area contributed by atoms with E-state index >= 15 is 0 Å². The van der Waals surface area contributed by atoms with E-state index in [4.69, 9.17) is 4.52 Å². The van der Waals surface area contributed by atoms with E-state index in [0.29, 0.717) is 24.7 Å². The second-order valence-electron chi connectivity index (χ2n) is 6.71. The molecule has 0 radical (unpaired) electrons. The Hall–Kier alpha value is -2.71. The number of hydrogen-bond acceptors (Lipinski definition) is 6. The highest BCUT2D eigenvalue weighted by molar-refractivity contribution is 9.10. The van der Waals surface area contributed by atoms with Crippen LogP contribution in [0, 0.1) is 0 Å². The van der Waals surface area contributed by atoms with E-state index in [1.54, 1.807) is 0 Å². The minimum atomic E-state index is -0.847. The van der Waals surface area contributed by atoms with Crippen molar-refractivity contribution in [1.82, 2.24) is 15.6 Å². The van der Waals surface area contributed by atoms with Gasteiger partial charge in [-0.25, -0.2) is 5.43 Å². The van der Waals surface area contributed by atoms with Gasteiger partial charge in [-0.05, 0) is 30.2 Å². The highest BCUT2D eigenvalue weighted by Crippen LogP contribution is 2.42. The van der Waals surface area contributed by atoms with Crippen molar-refractivity contribution in [3.05, 3.63) is 64.5 Å². The van der Waals surface area contributed by atoms with Gasteiger partial charge in [0.1, 0.15) is 6.54 Å². The van der Waals surface area contributed by atoms with Crippen LogP contribution in [0.3, 0.4) is 0 Å². The Balaban J connectivity index is 1.63. The van der Waals surface area contributed by atoms with Gasteiger partial charge in [0.25, 0.3) is 0 Å². The molecule has 1 unspecified atom stereocenters. The summed E-state index contributed by atoms with van der Waals surface area (Å²) in [6.07, 6.45) is 0.627. The molecule has 7 nitrogen and oxygen atoms in total. The van der Waals surface area contributed by atoms with E-state index < -0.39 is 11.5 Å². The Morgan fingerprint density at radius 2 is 2.00 bits per heavy atom. The lowest BCUT2D eigenvalue weighted by molar-refractivity contribution is -0.138. The number of nitrogens with one attached hydrogen (secondary N) is 1. The molecule has 8 heteroatoms. The highest BCUT2D eigenvalue weighted by Gasteiger charge is 2.43. The summed E-state index contributed by atoms with van der Waals surface area (Å²) in [7, 11) is 0. The lowest BCUT2D eigenvalue weighted by Gasteiger charge is -2.29. The maximum Gasteiger partial charge on any atom is 0.305 e. The molecule has 28 heavy (non-hydrogen) atoms. The zero-order valence-electron chi connectivity index (χ0n) is 15.2. The minimum absolute atomic E-state index is 0.0109. The summed E-state index contributed by atoms with van der Waals surface area (Å²) in [6.45, 7) is 2.31. The third-order valence-corrected chi connectivity index (χ3v) is 5.68. The number of fused-ring (bicyclic) bond motifs is 1. The monoisotopic (exact) mass is 442 g/mol. The fourth-order valence-electron chi connectivity index (χ4n) is 3.61. The number of hydrazine groups is 1. The van der Waals surface area contributed by atoms with Crippen molar-refractivity contribution in [2.24, 2.45) is 0 Å². The fourth-order valence-corrected chi connectivity index (χ4v) is 4.07. The van der Waals surface area contributed by atoms with Gasteiger partial charge in [0.05, 0.1) is 17.6 Å². The molecule has 0 amide bonds. The van der Waals surface area contributed by atoms with Crippen LogP contribution in [0.15, 0.2) is 57.5 Å². The lowest BCUT2D eigenvalue weighted by Crippen LogP contribution is -2.46. The molecule has 0 saturated carbocycles. The lowest BCUT2D eigenvalue weighted by atomic mass is 9.85. The zero-order valence-corrected chi connectivity index (χ0v) is 16.8. The molecular formula is C20H19BrN4O3. The molecule has 4 rings (SSSR count). The van der Waals surface area contributed by atoms with Crippen molar-refractivity contribution in [2.45, 2.75) is 31.8 Å². The van der Waals surface area contributed by atoms with Crippen LogP contribution in [-0.4, -0.2) is 21.2 Å². The Bertz CT molecular complexity index is 1020. The third kappa shape index (κ3) is 3.29. The van der Waals surface area contributed by atoms with Crippen LogP contribution in [0.25, 0.3) is 11.4 Å². The first kappa shape index (κ1) is 18.6. The largest absolute Gasteiger partial charge is 0.481 e. The van der Waals surface area contributed by atoms with E-state index in [0.717, 1.165) is 21.3 Å². The third-order valence-electron chi connectivity index (χ3n) is 4.99. The maximum atomic E-state index is 11.5. The molecule has 2 aromatic carbocycles. The molecule has 144 valence electrons. The molecule has 1 aliphatic heterocycles. The average Bonchev–Trinajstić information content (AvgIpc) is 3.26. The van der Waals surface area contributed by atoms with Gasteiger partial charge in [-0.1, -0.05) is 58.3 Å². The second-order valence-corrected chi connectivity index (χ2v) is 7.57. The van der Waals surface area contributed by atoms with Crippen molar-refractivity contribution in [3.63, 3.8) is 0 Å². The van der Waals surface area contributed by atoms with Crippen LogP contribution in [0.4, 0.5) is 5.69 Å². The number of carbonyl (C=O) groups is 1. The fraction of sp³-hybridized carbons (Fsp3) is 0.250. The average molecular weight is 443 g/mol. The first-order valence-electron chi connectivity index (χ1n) is 8.96. The number of carboxylic acids is 1. The quantitative estimate of drug-likeness (QED) is 0.593. The minimum Gasteiger partial charge on any atom is -0.481 e. The molecule has 0 fully saturated rings.